The van der Waals surface area contributed by atoms with Crippen LogP contribution in [0, 0.1) is 0 Å². The maximum absolute atomic E-state index is 12.7. The van der Waals surface area contributed by atoms with Gasteiger partial charge in [0, 0.05) is 0 Å². The molecule has 0 spiro atoms. The van der Waals surface area contributed by atoms with E-state index >= 15 is 0 Å². The highest BCUT2D eigenvalue weighted by atomic mass is 16.6. The van der Waals surface area contributed by atoms with Crippen LogP contribution in [0.25, 0.3) is 0 Å². The first-order valence-corrected chi connectivity index (χ1v) is 8.20. The first kappa shape index (κ1) is 17.0. The van der Waals surface area contributed by atoms with Gasteiger partial charge in [-0.2, -0.15) is 0 Å². The number of ether oxygens (including phenoxy) is 3. The number of fused-ring (bicyclic) bond motifs is 1. The third-order valence-electron chi connectivity index (χ3n) is 4.45. The molecule has 2 aromatic rings. The average molecular weight is 340 g/mol. The molecule has 0 aliphatic heterocycles. The highest BCUT2D eigenvalue weighted by molar-refractivity contribution is 5.90. The van der Waals surface area contributed by atoms with E-state index < -0.39 is 5.97 Å². The quantitative estimate of drug-likeness (QED) is 0.630. The van der Waals surface area contributed by atoms with Crippen LogP contribution in [0.15, 0.2) is 42.5 Å². The highest BCUT2D eigenvalue weighted by Crippen LogP contribution is 2.35. The van der Waals surface area contributed by atoms with Crippen LogP contribution >= 0.6 is 0 Å². The van der Waals surface area contributed by atoms with Crippen LogP contribution in [0.1, 0.15) is 40.2 Å². The Labute approximate surface area is 146 Å². The van der Waals surface area contributed by atoms with Gasteiger partial charge in [0.25, 0.3) is 0 Å². The third kappa shape index (κ3) is 3.50. The Kier molecular flexibility index (Phi) is 5.03. The summed E-state index contributed by atoms with van der Waals surface area (Å²) in [5.74, 6) is -0.452. The van der Waals surface area contributed by atoms with E-state index in [9.17, 15) is 9.59 Å². The number of hydrogen-bond acceptors (Lipinski definition) is 5. The lowest BCUT2D eigenvalue weighted by atomic mass is 9.83. The van der Waals surface area contributed by atoms with E-state index in [-0.39, 0.29) is 11.9 Å². The lowest BCUT2D eigenvalue weighted by molar-refractivity contribution is -0.136. The first-order valence-electron chi connectivity index (χ1n) is 8.20. The Morgan fingerprint density at radius 1 is 1.04 bits per heavy atom. The first-order chi connectivity index (χ1) is 12.1. The van der Waals surface area contributed by atoms with Crippen LogP contribution < -0.4 is 9.47 Å². The van der Waals surface area contributed by atoms with Crippen molar-refractivity contribution in [2.75, 3.05) is 14.2 Å². The lowest BCUT2D eigenvalue weighted by Crippen LogP contribution is -2.23. The maximum atomic E-state index is 12.7. The Morgan fingerprint density at radius 3 is 2.60 bits per heavy atom. The van der Waals surface area contributed by atoms with Gasteiger partial charge in [-0.1, -0.05) is 24.3 Å². The zero-order valence-corrected chi connectivity index (χ0v) is 14.3. The highest BCUT2D eigenvalue weighted by Gasteiger charge is 2.28. The van der Waals surface area contributed by atoms with Crippen molar-refractivity contribution >= 4 is 11.9 Å². The molecule has 5 nitrogen and oxygen atoms in total. The van der Waals surface area contributed by atoms with Crippen LogP contribution in [-0.4, -0.2) is 26.2 Å². The molecular weight excluding hydrogens is 320 g/mol. The molecule has 0 fully saturated rings. The second-order valence-electron chi connectivity index (χ2n) is 5.92. The summed E-state index contributed by atoms with van der Waals surface area (Å²) in [4.78, 5) is 24.3. The van der Waals surface area contributed by atoms with Crippen LogP contribution in [0.4, 0.5) is 0 Å². The zero-order valence-electron chi connectivity index (χ0n) is 14.3. The van der Waals surface area contributed by atoms with Gasteiger partial charge in [0.2, 0.25) is 0 Å². The van der Waals surface area contributed by atoms with Gasteiger partial charge in [0.15, 0.2) is 11.5 Å². The van der Waals surface area contributed by atoms with Crippen molar-refractivity contribution in [2.24, 2.45) is 0 Å². The fraction of sp³-hybridized carbons (Fsp3) is 0.300. The van der Waals surface area contributed by atoms with Crippen molar-refractivity contribution in [3.63, 3.8) is 0 Å². The predicted octanol–water partition coefficient (Wildman–Crippen LogP) is 3.51. The lowest BCUT2D eigenvalue weighted by Gasteiger charge is -2.24. The summed E-state index contributed by atoms with van der Waals surface area (Å²) in [6.07, 6.45) is 2.70. The minimum Gasteiger partial charge on any atom is -0.493 e. The van der Waals surface area contributed by atoms with Gasteiger partial charge in [0.1, 0.15) is 0 Å². The molecule has 2 aromatic carbocycles. The van der Waals surface area contributed by atoms with Crippen molar-refractivity contribution in [3.05, 3.63) is 59.2 Å². The van der Waals surface area contributed by atoms with Crippen LogP contribution in [-0.2, 0) is 16.0 Å². The Hall–Kier alpha value is -2.82. The van der Waals surface area contributed by atoms with Crippen molar-refractivity contribution in [1.82, 2.24) is 0 Å². The van der Waals surface area contributed by atoms with E-state index in [0.29, 0.717) is 17.1 Å². The fourth-order valence-electron chi connectivity index (χ4n) is 3.18. The zero-order chi connectivity index (χ0) is 17.8. The summed E-state index contributed by atoms with van der Waals surface area (Å²) in [5, 5.41) is 0. The number of benzene rings is 2. The van der Waals surface area contributed by atoms with Gasteiger partial charge in [-0.05, 0) is 48.6 Å². The molecule has 1 aliphatic rings. The molecule has 0 heterocycles. The van der Waals surface area contributed by atoms with Crippen molar-refractivity contribution in [1.29, 1.82) is 0 Å². The largest absolute Gasteiger partial charge is 0.493 e. The molecule has 0 aromatic heterocycles. The molecule has 130 valence electrons. The molecule has 0 N–H and O–H groups in total. The van der Waals surface area contributed by atoms with E-state index in [2.05, 4.69) is 10.8 Å². The molecule has 1 atom stereocenters. The summed E-state index contributed by atoms with van der Waals surface area (Å²) in [7, 11) is 2.77. The minimum absolute atomic E-state index is 0.282. The van der Waals surface area contributed by atoms with Gasteiger partial charge in [-0.3, -0.25) is 4.79 Å². The van der Waals surface area contributed by atoms with Crippen molar-refractivity contribution in [3.8, 4) is 11.5 Å². The van der Waals surface area contributed by atoms with Crippen LogP contribution in [0.2, 0.25) is 0 Å². The van der Waals surface area contributed by atoms with E-state index in [4.69, 9.17) is 9.47 Å². The second-order valence-corrected chi connectivity index (χ2v) is 5.92. The standard InChI is InChI=1S/C20H20O5/c1-23-18-12-14(19(21)24-2)10-11-17(18)25-20(22)16-9-5-7-13-6-3-4-8-15(13)16/h3-4,6,8,10-12,16H,5,7,9H2,1-2H3. The van der Waals surface area contributed by atoms with E-state index in [1.165, 1.54) is 25.8 Å². The number of carbonyl (C=O) groups is 2. The molecule has 0 amide bonds. The molecule has 25 heavy (non-hydrogen) atoms. The average Bonchev–Trinajstić information content (AvgIpc) is 2.67. The molecule has 1 unspecified atom stereocenters. The van der Waals surface area contributed by atoms with Gasteiger partial charge in [-0.15, -0.1) is 0 Å². The van der Waals surface area contributed by atoms with Crippen molar-refractivity contribution < 1.29 is 23.8 Å². The van der Waals surface area contributed by atoms with Crippen LogP contribution in [0.5, 0.6) is 11.5 Å². The monoisotopic (exact) mass is 340 g/mol. The molecule has 0 saturated heterocycles. The molecule has 0 radical (unpaired) electrons. The second kappa shape index (κ2) is 7.38. The van der Waals surface area contributed by atoms with Crippen LogP contribution in [0.3, 0.4) is 0 Å². The number of aryl methyl sites for hydroxylation is 1. The molecule has 1 aliphatic carbocycles. The van der Waals surface area contributed by atoms with Gasteiger partial charge < -0.3 is 14.2 Å². The smallest absolute Gasteiger partial charge is 0.337 e. The maximum Gasteiger partial charge on any atom is 0.337 e. The molecular formula is C20H20O5. The van der Waals surface area contributed by atoms with Crippen molar-refractivity contribution in [2.45, 2.75) is 25.2 Å². The number of hydrogen-bond donors (Lipinski definition) is 0. The topological polar surface area (TPSA) is 61.8 Å². The number of carbonyl (C=O) groups excluding carboxylic acids is 2. The summed E-state index contributed by atoms with van der Waals surface area (Å²) < 4.78 is 15.5. The normalized spacial score (nSPS) is 15.8. The molecule has 0 saturated carbocycles. The fourth-order valence-corrected chi connectivity index (χ4v) is 3.18. The Balaban J connectivity index is 1.83. The Bertz CT molecular complexity index is 796. The molecule has 3 rings (SSSR count). The number of esters is 2. The number of rotatable bonds is 4. The minimum atomic E-state index is -0.475. The van der Waals surface area contributed by atoms with Gasteiger partial charge in [-0.25, -0.2) is 4.79 Å². The van der Waals surface area contributed by atoms with Gasteiger partial charge >= 0.3 is 11.9 Å². The number of methoxy groups -OCH3 is 2. The summed E-state index contributed by atoms with van der Waals surface area (Å²) in [6.45, 7) is 0. The third-order valence-corrected chi connectivity index (χ3v) is 4.45. The SMILES string of the molecule is COC(=O)c1ccc(OC(=O)C2CCCc3ccccc32)c(OC)c1. The summed E-state index contributed by atoms with van der Waals surface area (Å²) in [6, 6.07) is 12.6. The summed E-state index contributed by atoms with van der Waals surface area (Å²) >= 11 is 0. The Morgan fingerprint density at radius 2 is 1.84 bits per heavy atom. The van der Waals surface area contributed by atoms with E-state index in [1.54, 1.807) is 12.1 Å². The van der Waals surface area contributed by atoms with Gasteiger partial charge in [0.05, 0.1) is 25.7 Å². The predicted molar refractivity (Wildman–Crippen MR) is 92.1 cm³/mol. The summed E-state index contributed by atoms with van der Waals surface area (Å²) in [5.41, 5.74) is 2.56. The van der Waals surface area contributed by atoms with E-state index in [1.807, 2.05) is 18.2 Å². The van der Waals surface area contributed by atoms with E-state index in [0.717, 1.165) is 24.8 Å². The molecule has 5 heteroatoms. The molecule has 0 bridgehead atoms.